The molecular weight excluding hydrogens is 181 g/mol. The van der Waals surface area contributed by atoms with Crippen LogP contribution in [0.3, 0.4) is 0 Å². The van der Waals surface area contributed by atoms with Crippen molar-refractivity contribution in [3.05, 3.63) is 30.1 Å². The molecule has 0 fully saturated rings. The minimum atomic E-state index is -0.598. The second-order valence-corrected chi connectivity index (χ2v) is 3.07. The van der Waals surface area contributed by atoms with Gasteiger partial charge in [-0.25, -0.2) is 4.39 Å². The average molecular weight is 193 g/mol. The van der Waals surface area contributed by atoms with Crippen molar-refractivity contribution in [2.75, 3.05) is 18.5 Å². The summed E-state index contributed by atoms with van der Waals surface area (Å²) in [6.07, 6.45) is 0. The highest BCUT2D eigenvalue weighted by Gasteiger charge is 2.09. The number of nitrogens with zero attached hydrogens (tertiary/aromatic N) is 2. The molecule has 0 spiro atoms. The molecule has 0 amide bonds. The highest BCUT2D eigenvalue weighted by Crippen LogP contribution is 2.16. The highest BCUT2D eigenvalue weighted by atomic mass is 19.1. The van der Waals surface area contributed by atoms with E-state index in [2.05, 4.69) is 0 Å². The first-order valence-electron chi connectivity index (χ1n) is 4.26. The number of likely N-dealkylation sites (N-methyl/N-ethyl adjacent to an activating group) is 1. The van der Waals surface area contributed by atoms with Crippen LogP contribution in [-0.2, 0) is 0 Å². The molecular formula is C10H12FN3. The first kappa shape index (κ1) is 10.5. The van der Waals surface area contributed by atoms with E-state index in [9.17, 15) is 4.39 Å². The van der Waals surface area contributed by atoms with Crippen LogP contribution in [0.4, 0.5) is 10.1 Å². The Labute approximate surface area is 82.5 Å². The van der Waals surface area contributed by atoms with Gasteiger partial charge < -0.3 is 10.6 Å². The van der Waals surface area contributed by atoms with Crippen molar-refractivity contribution >= 4 is 5.69 Å². The topological polar surface area (TPSA) is 53.0 Å². The number of nitriles is 1. The van der Waals surface area contributed by atoms with Crippen molar-refractivity contribution in [3.8, 4) is 6.07 Å². The molecule has 0 saturated heterocycles. The maximum atomic E-state index is 13.2. The number of hydrogen-bond donors (Lipinski definition) is 1. The Morgan fingerprint density at radius 3 is 2.79 bits per heavy atom. The number of nitrogens with two attached hydrogens (primary N) is 1. The standard InChI is InChI=1S/C10H12FN3/c1-14(7-8(13)6-12)10-5-3-2-4-9(10)11/h2-5,8H,7,13H2,1H3. The summed E-state index contributed by atoms with van der Waals surface area (Å²) < 4.78 is 13.2. The molecule has 74 valence electrons. The van der Waals surface area contributed by atoms with E-state index in [1.54, 1.807) is 30.1 Å². The van der Waals surface area contributed by atoms with Gasteiger partial charge in [0.2, 0.25) is 0 Å². The van der Waals surface area contributed by atoms with Gasteiger partial charge in [0.25, 0.3) is 0 Å². The van der Waals surface area contributed by atoms with Crippen LogP contribution in [0.2, 0.25) is 0 Å². The van der Waals surface area contributed by atoms with Gasteiger partial charge in [0, 0.05) is 13.6 Å². The average Bonchev–Trinajstić information content (AvgIpc) is 2.18. The van der Waals surface area contributed by atoms with Crippen LogP contribution in [0, 0.1) is 17.1 Å². The van der Waals surface area contributed by atoms with Crippen molar-refractivity contribution in [2.45, 2.75) is 6.04 Å². The zero-order valence-electron chi connectivity index (χ0n) is 7.94. The molecule has 3 nitrogen and oxygen atoms in total. The van der Waals surface area contributed by atoms with E-state index in [1.165, 1.54) is 6.07 Å². The van der Waals surface area contributed by atoms with E-state index in [4.69, 9.17) is 11.0 Å². The molecule has 14 heavy (non-hydrogen) atoms. The van der Waals surface area contributed by atoms with Crippen molar-refractivity contribution in [1.29, 1.82) is 5.26 Å². The van der Waals surface area contributed by atoms with Crippen LogP contribution in [0.25, 0.3) is 0 Å². The Morgan fingerprint density at radius 1 is 1.57 bits per heavy atom. The lowest BCUT2D eigenvalue weighted by Crippen LogP contribution is -2.34. The molecule has 0 bridgehead atoms. The Kier molecular flexibility index (Phi) is 3.43. The smallest absolute Gasteiger partial charge is 0.146 e. The highest BCUT2D eigenvalue weighted by molar-refractivity contribution is 5.47. The monoisotopic (exact) mass is 193 g/mol. The lowest BCUT2D eigenvalue weighted by molar-refractivity contribution is 0.620. The summed E-state index contributed by atoms with van der Waals surface area (Å²) in [5.74, 6) is -0.305. The second kappa shape index (κ2) is 4.58. The van der Waals surface area contributed by atoms with E-state index < -0.39 is 6.04 Å². The van der Waals surface area contributed by atoms with Crippen molar-refractivity contribution in [2.24, 2.45) is 5.73 Å². The number of benzene rings is 1. The van der Waals surface area contributed by atoms with Gasteiger partial charge in [0.15, 0.2) is 0 Å². The number of hydrogen-bond acceptors (Lipinski definition) is 3. The lowest BCUT2D eigenvalue weighted by Gasteiger charge is -2.20. The van der Waals surface area contributed by atoms with Crippen molar-refractivity contribution in [1.82, 2.24) is 0 Å². The van der Waals surface area contributed by atoms with Crippen LogP contribution in [0.1, 0.15) is 0 Å². The van der Waals surface area contributed by atoms with Gasteiger partial charge in [-0.05, 0) is 12.1 Å². The number of rotatable bonds is 3. The lowest BCUT2D eigenvalue weighted by atomic mass is 10.2. The van der Waals surface area contributed by atoms with Gasteiger partial charge in [-0.15, -0.1) is 0 Å². The van der Waals surface area contributed by atoms with Gasteiger partial charge in [-0.2, -0.15) is 5.26 Å². The summed E-state index contributed by atoms with van der Waals surface area (Å²) >= 11 is 0. The number of halogens is 1. The molecule has 0 aliphatic rings. The van der Waals surface area contributed by atoms with Crippen LogP contribution >= 0.6 is 0 Å². The van der Waals surface area contributed by atoms with Gasteiger partial charge in [-0.3, -0.25) is 0 Å². The summed E-state index contributed by atoms with van der Waals surface area (Å²) in [6.45, 7) is 0.317. The van der Waals surface area contributed by atoms with E-state index in [0.717, 1.165) is 0 Å². The molecule has 0 aliphatic carbocycles. The van der Waals surface area contributed by atoms with Crippen LogP contribution < -0.4 is 10.6 Å². The second-order valence-electron chi connectivity index (χ2n) is 3.07. The van der Waals surface area contributed by atoms with Gasteiger partial charge >= 0.3 is 0 Å². The normalized spacial score (nSPS) is 11.9. The third kappa shape index (κ3) is 2.44. The molecule has 0 saturated carbocycles. The molecule has 1 aromatic carbocycles. The quantitative estimate of drug-likeness (QED) is 0.782. The predicted molar refractivity (Wildman–Crippen MR) is 53.3 cm³/mol. The van der Waals surface area contributed by atoms with Gasteiger partial charge in [0.05, 0.1) is 11.8 Å². The van der Waals surface area contributed by atoms with E-state index in [-0.39, 0.29) is 5.82 Å². The third-order valence-electron chi connectivity index (χ3n) is 1.90. The van der Waals surface area contributed by atoms with Crippen LogP contribution in [-0.4, -0.2) is 19.6 Å². The maximum absolute atomic E-state index is 13.2. The van der Waals surface area contributed by atoms with E-state index in [1.807, 2.05) is 6.07 Å². The molecule has 0 radical (unpaired) electrons. The predicted octanol–water partition coefficient (Wildman–Crippen LogP) is 1.11. The summed E-state index contributed by atoms with van der Waals surface area (Å²) in [5, 5.41) is 8.50. The fourth-order valence-electron chi connectivity index (χ4n) is 1.20. The molecule has 0 heterocycles. The molecule has 0 aliphatic heterocycles. The SMILES string of the molecule is CN(CC(N)C#N)c1ccccc1F. The van der Waals surface area contributed by atoms with Crippen LogP contribution in [0.5, 0.6) is 0 Å². The Hall–Kier alpha value is -1.60. The Morgan fingerprint density at radius 2 is 2.21 bits per heavy atom. The summed E-state index contributed by atoms with van der Waals surface area (Å²) in [5.41, 5.74) is 5.89. The summed E-state index contributed by atoms with van der Waals surface area (Å²) in [4.78, 5) is 1.63. The van der Waals surface area contributed by atoms with Crippen molar-refractivity contribution in [3.63, 3.8) is 0 Å². The van der Waals surface area contributed by atoms with Gasteiger partial charge in [0.1, 0.15) is 11.9 Å². The fraction of sp³-hybridized carbons (Fsp3) is 0.300. The summed E-state index contributed by atoms with van der Waals surface area (Å²) in [7, 11) is 1.70. The third-order valence-corrected chi connectivity index (χ3v) is 1.90. The number of para-hydroxylation sites is 1. The Bertz CT molecular complexity index is 345. The van der Waals surface area contributed by atoms with E-state index >= 15 is 0 Å². The van der Waals surface area contributed by atoms with E-state index in [0.29, 0.717) is 12.2 Å². The minimum absolute atomic E-state index is 0.305. The molecule has 1 unspecified atom stereocenters. The molecule has 2 N–H and O–H groups in total. The summed E-state index contributed by atoms with van der Waals surface area (Å²) in [6, 6.07) is 7.70. The molecule has 4 heteroatoms. The molecule has 1 aromatic rings. The molecule has 1 atom stereocenters. The first-order chi connectivity index (χ1) is 6.65. The van der Waals surface area contributed by atoms with Crippen molar-refractivity contribution < 1.29 is 4.39 Å². The van der Waals surface area contributed by atoms with Gasteiger partial charge in [-0.1, -0.05) is 12.1 Å². The zero-order chi connectivity index (χ0) is 10.6. The fourth-order valence-corrected chi connectivity index (χ4v) is 1.20. The largest absolute Gasteiger partial charge is 0.370 e. The molecule has 1 rings (SSSR count). The van der Waals surface area contributed by atoms with Crippen LogP contribution in [0.15, 0.2) is 24.3 Å². The Balaban J connectivity index is 2.75. The minimum Gasteiger partial charge on any atom is -0.370 e. The number of anilines is 1. The molecule has 0 aromatic heterocycles. The first-order valence-corrected chi connectivity index (χ1v) is 4.26. The maximum Gasteiger partial charge on any atom is 0.146 e. The zero-order valence-corrected chi connectivity index (χ0v) is 7.94.